The highest BCUT2D eigenvalue weighted by molar-refractivity contribution is 8.00. The molecule has 0 spiro atoms. The van der Waals surface area contributed by atoms with E-state index in [4.69, 9.17) is 5.73 Å². The lowest BCUT2D eigenvalue weighted by molar-refractivity contribution is -0.117. The average molecular weight is 222 g/mol. The summed E-state index contributed by atoms with van der Waals surface area (Å²) in [5.74, 6) is 1.93. The first kappa shape index (κ1) is 10.5. The molecule has 0 saturated carbocycles. The lowest BCUT2D eigenvalue weighted by Gasteiger charge is -2.07. The van der Waals surface area contributed by atoms with Crippen LogP contribution < -0.4 is 5.73 Å². The van der Waals surface area contributed by atoms with Crippen molar-refractivity contribution >= 4 is 23.4 Å². The fraction of sp³-hybridized carbons (Fsp3) is 0.455. The molecule has 1 atom stereocenters. The summed E-state index contributed by atoms with van der Waals surface area (Å²) < 4.78 is 0. The van der Waals surface area contributed by atoms with Gasteiger partial charge in [-0.1, -0.05) is 0 Å². The second-order valence-electron chi connectivity index (χ2n) is 3.73. The Balaban J connectivity index is 1.99. The van der Waals surface area contributed by atoms with E-state index >= 15 is 0 Å². The van der Waals surface area contributed by atoms with Crippen LogP contribution in [0.2, 0.25) is 0 Å². The van der Waals surface area contributed by atoms with Crippen LogP contribution in [0.25, 0.3) is 0 Å². The highest BCUT2D eigenvalue weighted by atomic mass is 32.2. The van der Waals surface area contributed by atoms with E-state index in [1.54, 1.807) is 24.0 Å². The number of thioether (sulfide) groups is 1. The Bertz CT molecular complexity index is 361. The zero-order valence-corrected chi connectivity index (χ0v) is 9.30. The van der Waals surface area contributed by atoms with E-state index in [1.165, 1.54) is 6.42 Å². The van der Waals surface area contributed by atoms with Gasteiger partial charge >= 0.3 is 0 Å². The number of nitrogens with two attached hydrogens (primary N) is 1. The molecule has 1 aromatic rings. The van der Waals surface area contributed by atoms with E-state index < -0.39 is 0 Å². The quantitative estimate of drug-likeness (QED) is 0.845. The predicted octanol–water partition coefficient (Wildman–Crippen LogP) is 1.67. The lowest BCUT2D eigenvalue weighted by atomic mass is 10.1. The molecule has 2 rings (SSSR count). The predicted molar refractivity (Wildman–Crippen MR) is 62.8 cm³/mol. The zero-order chi connectivity index (χ0) is 10.7. The molecule has 15 heavy (non-hydrogen) atoms. The first-order valence-electron chi connectivity index (χ1n) is 5.10. The highest BCUT2D eigenvalue weighted by Gasteiger charge is 2.23. The van der Waals surface area contributed by atoms with Gasteiger partial charge < -0.3 is 5.73 Å². The number of aromatic nitrogens is 1. The van der Waals surface area contributed by atoms with E-state index in [2.05, 4.69) is 4.98 Å². The maximum atomic E-state index is 11.8. The van der Waals surface area contributed by atoms with Crippen LogP contribution in [0.5, 0.6) is 0 Å². The monoisotopic (exact) mass is 222 g/mol. The smallest absolute Gasteiger partial charge is 0.150 e. The Morgan fingerprint density at radius 2 is 2.53 bits per heavy atom. The molecule has 0 aliphatic carbocycles. The molecule has 2 N–H and O–H groups in total. The summed E-state index contributed by atoms with van der Waals surface area (Å²) in [6.07, 6.45) is 4.34. The van der Waals surface area contributed by atoms with E-state index in [1.807, 2.05) is 6.07 Å². The third-order valence-electron chi connectivity index (χ3n) is 2.51. The first-order chi connectivity index (χ1) is 7.25. The molecule has 0 bridgehead atoms. The molecule has 1 fully saturated rings. The number of anilines is 1. The average Bonchev–Trinajstić information content (AvgIpc) is 2.70. The van der Waals surface area contributed by atoms with Gasteiger partial charge in [-0.15, -0.1) is 0 Å². The van der Waals surface area contributed by atoms with E-state index in [-0.39, 0.29) is 5.25 Å². The minimum atomic E-state index is 0.208. The molecule has 2 heterocycles. The number of ketones is 1. The molecule has 0 radical (unpaired) electrons. The summed E-state index contributed by atoms with van der Waals surface area (Å²) >= 11 is 1.78. The van der Waals surface area contributed by atoms with Crippen molar-refractivity contribution in [3.05, 3.63) is 23.9 Å². The topological polar surface area (TPSA) is 56.0 Å². The zero-order valence-electron chi connectivity index (χ0n) is 8.48. The largest absolute Gasteiger partial charge is 0.384 e. The van der Waals surface area contributed by atoms with Crippen molar-refractivity contribution < 1.29 is 4.79 Å². The van der Waals surface area contributed by atoms with Gasteiger partial charge in [0.05, 0.1) is 5.25 Å². The molecule has 1 aromatic heterocycles. The minimum absolute atomic E-state index is 0.208. The normalized spacial score (nSPS) is 20.4. The standard InChI is InChI=1S/C11H14N2OS/c12-11-7-8(3-4-13-11)6-9(14)10-2-1-5-15-10/h3-4,7,10H,1-2,5-6H2,(H2,12,13). The number of hydrogen-bond acceptors (Lipinski definition) is 4. The summed E-state index contributed by atoms with van der Waals surface area (Å²) in [7, 11) is 0. The van der Waals surface area contributed by atoms with Crippen molar-refractivity contribution in [2.45, 2.75) is 24.5 Å². The van der Waals surface area contributed by atoms with Gasteiger partial charge in [0.15, 0.2) is 0 Å². The van der Waals surface area contributed by atoms with Crippen molar-refractivity contribution in [2.75, 3.05) is 11.5 Å². The van der Waals surface area contributed by atoms with Crippen molar-refractivity contribution in [2.24, 2.45) is 0 Å². The highest BCUT2D eigenvalue weighted by Crippen LogP contribution is 2.27. The summed E-state index contributed by atoms with van der Waals surface area (Å²) in [4.78, 5) is 15.7. The van der Waals surface area contributed by atoms with Crippen molar-refractivity contribution in [3.63, 3.8) is 0 Å². The van der Waals surface area contributed by atoms with Gasteiger partial charge in [-0.05, 0) is 36.3 Å². The molecular weight excluding hydrogens is 208 g/mol. The van der Waals surface area contributed by atoms with Crippen LogP contribution in [-0.2, 0) is 11.2 Å². The molecule has 80 valence electrons. The van der Waals surface area contributed by atoms with Gasteiger partial charge in [-0.3, -0.25) is 4.79 Å². The fourth-order valence-corrected chi connectivity index (χ4v) is 2.97. The Labute approximate surface area is 93.5 Å². The van der Waals surface area contributed by atoms with Gasteiger partial charge in [0.25, 0.3) is 0 Å². The fourth-order valence-electron chi connectivity index (χ4n) is 1.75. The van der Waals surface area contributed by atoms with Crippen LogP contribution in [-0.4, -0.2) is 21.8 Å². The molecule has 4 heteroatoms. The van der Waals surface area contributed by atoms with E-state index in [0.717, 1.165) is 17.7 Å². The summed E-state index contributed by atoms with van der Waals surface area (Å²) in [5.41, 5.74) is 6.53. The van der Waals surface area contributed by atoms with Crippen LogP contribution in [0.4, 0.5) is 5.82 Å². The molecule has 0 aromatic carbocycles. The third-order valence-corrected chi connectivity index (χ3v) is 3.94. The number of carbonyl (C=O) groups excluding carboxylic acids is 1. The van der Waals surface area contributed by atoms with Crippen LogP contribution in [0.1, 0.15) is 18.4 Å². The Kier molecular flexibility index (Phi) is 3.26. The van der Waals surface area contributed by atoms with Crippen molar-refractivity contribution in [1.29, 1.82) is 0 Å². The Morgan fingerprint density at radius 1 is 1.67 bits per heavy atom. The number of carbonyl (C=O) groups is 1. The third kappa shape index (κ3) is 2.72. The van der Waals surface area contributed by atoms with Gasteiger partial charge in [-0.2, -0.15) is 11.8 Å². The van der Waals surface area contributed by atoms with Gasteiger partial charge in [0, 0.05) is 12.6 Å². The van der Waals surface area contributed by atoms with Crippen molar-refractivity contribution in [1.82, 2.24) is 4.98 Å². The lowest BCUT2D eigenvalue weighted by Crippen LogP contribution is -2.16. The van der Waals surface area contributed by atoms with Gasteiger partial charge in [-0.25, -0.2) is 4.98 Å². The second-order valence-corrected chi connectivity index (χ2v) is 5.04. The number of rotatable bonds is 3. The SMILES string of the molecule is Nc1cc(CC(=O)C2CCCS2)ccn1. The maximum absolute atomic E-state index is 11.8. The van der Waals surface area contributed by atoms with Crippen LogP contribution in [0, 0.1) is 0 Å². The van der Waals surface area contributed by atoms with Gasteiger partial charge in [0.1, 0.15) is 11.6 Å². The number of pyridine rings is 1. The molecular formula is C11H14N2OS. The van der Waals surface area contributed by atoms with E-state index in [9.17, 15) is 4.79 Å². The molecule has 1 aliphatic rings. The molecule has 3 nitrogen and oxygen atoms in total. The van der Waals surface area contributed by atoms with Crippen LogP contribution in [0.15, 0.2) is 18.3 Å². The number of nitrogens with zero attached hydrogens (tertiary/aromatic N) is 1. The van der Waals surface area contributed by atoms with Crippen molar-refractivity contribution in [3.8, 4) is 0 Å². The summed E-state index contributed by atoms with van der Waals surface area (Å²) in [5, 5.41) is 0.208. The number of nitrogen functional groups attached to an aromatic ring is 1. The Hall–Kier alpha value is -1.03. The summed E-state index contributed by atoms with van der Waals surface area (Å²) in [6, 6.07) is 3.63. The van der Waals surface area contributed by atoms with Crippen LogP contribution in [0.3, 0.4) is 0 Å². The van der Waals surface area contributed by atoms with Crippen LogP contribution >= 0.6 is 11.8 Å². The van der Waals surface area contributed by atoms with Gasteiger partial charge in [0.2, 0.25) is 0 Å². The van der Waals surface area contributed by atoms with E-state index in [0.29, 0.717) is 18.0 Å². The second kappa shape index (κ2) is 4.66. The number of Topliss-reactive ketones (excluding diaryl/α,β-unsaturated/α-hetero) is 1. The first-order valence-corrected chi connectivity index (χ1v) is 6.15. The molecule has 1 unspecified atom stereocenters. The minimum Gasteiger partial charge on any atom is -0.384 e. The molecule has 0 amide bonds. The molecule has 1 saturated heterocycles. The molecule has 1 aliphatic heterocycles. The maximum Gasteiger partial charge on any atom is 0.150 e. The summed E-state index contributed by atoms with van der Waals surface area (Å²) in [6.45, 7) is 0. The number of hydrogen-bond donors (Lipinski definition) is 1. The Morgan fingerprint density at radius 3 is 3.20 bits per heavy atom.